The van der Waals surface area contributed by atoms with Crippen molar-refractivity contribution in [3.8, 4) is 0 Å². The Morgan fingerprint density at radius 3 is 2.13 bits per heavy atom. The molecule has 5 atom stereocenters. The minimum absolute atomic E-state index is 0.0274. The smallest absolute Gasteiger partial charge is 0.365 e. The molecule has 3 heterocycles. The van der Waals surface area contributed by atoms with Gasteiger partial charge in [-0.3, -0.25) is 23.3 Å². The monoisotopic (exact) mass is 681 g/mol. The second-order valence-electron chi connectivity index (χ2n) is 9.59. The third-order valence-electron chi connectivity index (χ3n) is 6.52. The Balaban J connectivity index is 1.59. The summed E-state index contributed by atoms with van der Waals surface area (Å²) in [5, 5.41) is 36.6. The van der Waals surface area contributed by atoms with Gasteiger partial charge in [0.1, 0.15) is 30.2 Å². The summed E-state index contributed by atoms with van der Waals surface area (Å²) in [6, 6.07) is 0. The second-order valence-corrected chi connectivity index (χ2v) is 14.2. The summed E-state index contributed by atoms with van der Waals surface area (Å²) >= 11 is 0. The first-order valence-corrected chi connectivity index (χ1v) is 17.6. The molecule has 1 unspecified atom stereocenters. The molecule has 1 aliphatic rings. The molecule has 0 saturated carbocycles. The minimum Gasteiger partial charge on any atom is -0.387 e. The molecule has 2 aromatic heterocycles. The number of carbonyl (C=O) groups excluding carboxylic acids is 2. The average Bonchev–Trinajstić information content (AvgIpc) is 3.55. The van der Waals surface area contributed by atoms with E-state index < -0.39 is 63.2 Å². The molecule has 254 valence electrons. The van der Waals surface area contributed by atoms with Crippen LogP contribution in [0.15, 0.2) is 12.7 Å². The largest absolute Gasteiger partial charge is 0.387 e. The topological polar surface area (TPSA) is 269 Å². The second kappa shape index (κ2) is 16.3. The van der Waals surface area contributed by atoms with Crippen molar-refractivity contribution in [2.24, 2.45) is 0 Å². The molecule has 1 fully saturated rings. The summed E-state index contributed by atoms with van der Waals surface area (Å²) in [6.45, 7) is 5.79. The van der Waals surface area contributed by atoms with Gasteiger partial charge in [-0.2, -0.15) is 0 Å². The van der Waals surface area contributed by atoms with Gasteiger partial charge in [-0.05, 0) is 34.1 Å². The van der Waals surface area contributed by atoms with Gasteiger partial charge >= 0.3 is 15.2 Å². The zero-order chi connectivity index (χ0) is 33.4. The highest BCUT2D eigenvalue weighted by molar-refractivity contribution is 7.72. The molecule has 0 bridgehead atoms. The molecule has 1 aliphatic heterocycles. The van der Waals surface area contributed by atoms with Crippen molar-refractivity contribution in [2.45, 2.75) is 76.7 Å². The van der Waals surface area contributed by atoms with E-state index in [0.717, 1.165) is 0 Å². The lowest BCUT2D eigenvalue weighted by molar-refractivity contribution is -0.143. The standard InChI is InChI=1S/C24H41N7O12P2/c1-5-39-44(37,40-6-2)24(45(38,41-7-3)42-8-4)30-14(32)10-9-11-26-22(36)18(35)19-16(33)17(34)23(43-19)31-13-29-15-20(25)27-12-28-21(15)31/h12-13,16-19,23-24,33-35H,5-11H2,1-4H3,(H,26,36)(H,30,32)(H2,25,27,28)/t16-,17+,18?,19-,23+/m0/s1. The van der Waals surface area contributed by atoms with Crippen LogP contribution in [0, 0.1) is 0 Å². The molecule has 7 N–H and O–H groups in total. The molecule has 3 rings (SSSR count). The SMILES string of the molecule is CCOP(=O)(OCC)C(NC(=O)CCCNC(=O)C(O)[C@H]1O[C@@H](n2cnc3c(N)ncnc32)[C@H](O)[C@@H]1O)P(=O)(OCC)OCC. The number of ether oxygens (including phenoxy) is 1. The van der Waals surface area contributed by atoms with Crippen molar-refractivity contribution < 1.29 is 56.9 Å². The minimum atomic E-state index is -4.22. The summed E-state index contributed by atoms with van der Waals surface area (Å²) in [4.78, 5) is 37.5. The number of aliphatic hydroxyl groups is 3. The highest BCUT2D eigenvalue weighted by Gasteiger charge is 2.52. The van der Waals surface area contributed by atoms with Crippen LogP contribution in [0.5, 0.6) is 0 Å². The Morgan fingerprint density at radius 2 is 1.58 bits per heavy atom. The lowest BCUT2D eigenvalue weighted by Crippen LogP contribution is -2.47. The van der Waals surface area contributed by atoms with E-state index in [9.17, 15) is 34.0 Å². The number of nitrogens with zero attached hydrogens (tertiary/aromatic N) is 4. The Hall–Kier alpha value is -2.57. The van der Waals surface area contributed by atoms with Crippen LogP contribution in [0.3, 0.4) is 0 Å². The number of nitrogen functional groups attached to an aromatic ring is 1. The molecular formula is C24H41N7O12P2. The van der Waals surface area contributed by atoms with E-state index in [0.29, 0.717) is 0 Å². The van der Waals surface area contributed by atoms with Crippen LogP contribution in [0.4, 0.5) is 5.82 Å². The van der Waals surface area contributed by atoms with Gasteiger partial charge in [0.15, 0.2) is 23.8 Å². The predicted octanol–water partition coefficient (Wildman–Crippen LogP) is 0.217. The van der Waals surface area contributed by atoms with Crippen molar-refractivity contribution >= 4 is 44.0 Å². The molecule has 0 aromatic carbocycles. The van der Waals surface area contributed by atoms with Crippen LogP contribution in [0.25, 0.3) is 11.2 Å². The number of anilines is 1. The number of imidazole rings is 1. The number of aliphatic hydroxyl groups excluding tert-OH is 3. The number of amides is 2. The normalized spacial score (nSPS) is 21.3. The number of nitrogens with one attached hydrogen (secondary N) is 2. The molecule has 21 heteroatoms. The number of rotatable bonds is 18. The van der Waals surface area contributed by atoms with E-state index >= 15 is 0 Å². The van der Waals surface area contributed by atoms with Crippen LogP contribution in [-0.2, 0) is 41.6 Å². The summed E-state index contributed by atoms with van der Waals surface area (Å²) < 4.78 is 55.3. The first-order valence-electron chi connectivity index (χ1n) is 14.3. The van der Waals surface area contributed by atoms with Gasteiger partial charge in [-0.1, -0.05) is 0 Å². The quantitative estimate of drug-likeness (QED) is 0.0907. The zero-order valence-electron chi connectivity index (χ0n) is 25.3. The number of hydrogen-bond acceptors (Lipinski definition) is 16. The molecule has 19 nitrogen and oxygen atoms in total. The molecular weight excluding hydrogens is 640 g/mol. The highest BCUT2D eigenvalue weighted by atomic mass is 31.2. The number of aromatic nitrogens is 4. The fourth-order valence-electron chi connectivity index (χ4n) is 4.57. The van der Waals surface area contributed by atoms with Crippen molar-refractivity contribution in [1.29, 1.82) is 0 Å². The summed E-state index contributed by atoms with van der Waals surface area (Å²) in [5.74, 6) is -1.57. The molecule has 2 amide bonds. The van der Waals surface area contributed by atoms with Crippen molar-refractivity contribution in [3.63, 3.8) is 0 Å². The van der Waals surface area contributed by atoms with Gasteiger partial charge in [0.05, 0.1) is 32.8 Å². The third kappa shape index (κ3) is 8.43. The molecule has 2 aromatic rings. The maximum Gasteiger partial charge on any atom is 0.365 e. The molecule has 0 spiro atoms. The molecule has 45 heavy (non-hydrogen) atoms. The van der Waals surface area contributed by atoms with Gasteiger partial charge < -0.3 is 54.5 Å². The van der Waals surface area contributed by atoms with E-state index in [2.05, 4.69) is 25.6 Å². The van der Waals surface area contributed by atoms with E-state index in [1.165, 1.54) is 17.2 Å². The van der Waals surface area contributed by atoms with E-state index in [4.69, 9.17) is 28.6 Å². The zero-order valence-corrected chi connectivity index (χ0v) is 27.1. The van der Waals surface area contributed by atoms with Crippen LogP contribution >= 0.6 is 15.2 Å². The lowest BCUT2D eigenvalue weighted by Gasteiger charge is -2.31. The van der Waals surface area contributed by atoms with Crippen molar-refractivity contribution in [2.75, 3.05) is 38.7 Å². The van der Waals surface area contributed by atoms with Gasteiger partial charge in [0.25, 0.3) is 5.91 Å². The first-order chi connectivity index (χ1) is 21.4. The lowest BCUT2D eigenvalue weighted by atomic mass is 10.0. The molecule has 1 saturated heterocycles. The fraction of sp³-hybridized carbons (Fsp3) is 0.708. The number of nitrogens with two attached hydrogens (primary N) is 1. The Morgan fingerprint density at radius 1 is 1.00 bits per heavy atom. The van der Waals surface area contributed by atoms with E-state index in [-0.39, 0.29) is 62.8 Å². The molecule has 0 aliphatic carbocycles. The average molecular weight is 682 g/mol. The summed E-state index contributed by atoms with van der Waals surface area (Å²) in [6.07, 6.45) is -5.67. The Labute approximate surface area is 259 Å². The van der Waals surface area contributed by atoms with E-state index in [1.807, 2.05) is 0 Å². The van der Waals surface area contributed by atoms with Crippen LogP contribution in [0.2, 0.25) is 0 Å². The maximum atomic E-state index is 13.5. The van der Waals surface area contributed by atoms with Crippen LogP contribution in [0.1, 0.15) is 46.8 Å². The van der Waals surface area contributed by atoms with Gasteiger partial charge in [-0.15, -0.1) is 0 Å². The third-order valence-corrected chi connectivity index (χ3v) is 12.1. The van der Waals surface area contributed by atoms with Crippen molar-refractivity contribution in [1.82, 2.24) is 30.2 Å². The Kier molecular flexibility index (Phi) is 13.4. The fourth-order valence-corrected chi connectivity index (χ4v) is 9.51. The first kappa shape index (κ1) is 36.9. The van der Waals surface area contributed by atoms with Gasteiger partial charge in [0, 0.05) is 13.0 Å². The molecule has 0 radical (unpaired) electrons. The summed E-state index contributed by atoms with van der Waals surface area (Å²) in [5.41, 5.74) is 4.48. The van der Waals surface area contributed by atoms with Gasteiger partial charge in [0.2, 0.25) is 11.4 Å². The number of fused-ring (bicyclic) bond motifs is 1. The maximum absolute atomic E-state index is 13.5. The predicted molar refractivity (Wildman–Crippen MR) is 158 cm³/mol. The number of carbonyl (C=O) groups is 2. The number of hydrogen-bond donors (Lipinski definition) is 6. The van der Waals surface area contributed by atoms with Crippen LogP contribution < -0.4 is 16.4 Å². The Bertz CT molecular complexity index is 1350. The van der Waals surface area contributed by atoms with Crippen LogP contribution in [-0.4, -0.2) is 110 Å². The summed E-state index contributed by atoms with van der Waals surface area (Å²) in [7, 11) is -8.44. The van der Waals surface area contributed by atoms with E-state index in [1.54, 1.807) is 27.7 Å². The van der Waals surface area contributed by atoms with Crippen molar-refractivity contribution in [3.05, 3.63) is 12.7 Å². The van der Waals surface area contributed by atoms with Gasteiger partial charge in [-0.25, -0.2) is 15.0 Å². The highest BCUT2D eigenvalue weighted by Crippen LogP contribution is 2.69.